The SMILES string of the molecule is O=C(O)c1nc(NCC2(O)CCOC2)ccc1Cl. The second kappa shape index (κ2) is 5.09. The van der Waals surface area contributed by atoms with Crippen molar-refractivity contribution in [1.29, 1.82) is 0 Å². The molecule has 1 unspecified atom stereocenters. The Morgan fingerprint density at radius 1 is 1.61 bits per heavy atom. The monoisotopic (exact) mass is 272 g/mol. The fraction of sp³-hybridized carbons (Fsp3) is 0.455. The van der Waals surface area contributed by atoms with Gasteiger partial charge in [0.15, 0.2) is 5.69 Å². The maximum Gasteiger partial charge on any atom is 0.356 e. The molecule has 2 rings (SSSR count). The Bertz CT molecular complexity index is 460. The summed E-state index contributed by atoms with van der Waals surface area (Å²) in [5, 5.41) is 21.9. The number of rotatable bonds is 4. The lowest BCUT2D eigenvalue weighted by Gasteiger charge is -2.21. The van der Waals surface area contributed by atoms with Crippen LogP contribution in [0.1, 0.15) is 16.9 Å². The van der Waals surface area contributed by atoms with Crippen LogP contribution in [-0.2, 0) is 4.74 Å². The third kappa shape index (κ3) is 2.90. The van der Waals surface area contributed by atoms with Crippen molar-refractivity contribution in [1.82, 2.24) is 4.98 Å². The molecule has 0 spiro atoms. The molecule has 1 aliphatic rings. The van der Waals surface area contributed by atoms with Crippen molar-refractivity contribution in [2.75, 3.05) is 25.1 Å². The predicted octanol–water partition coefficient (Wildman–Crippen LogP) is 0.996. The normalized spacial score (nSPS) is 23.0. The number of pyridine rings is 1. The largest absolute Gasteiger partial charge is 0.476 e. The fourth-order valence-electron chi connectivity index (χ4n) is 1.68. The number of hydrogen-bond donors (Lipinski definition) is 3. The Morgan fingerprint density at radius 3 is 3.00 bits per heavy atom. The van der Waals surface area contributed by atoms with Crippen LogP contribution in [-0.4, -0.2) is 46.5 Å². The van der Waals surface area contributed by atoms with Gasteiger partial charge in [0.2, 0.25) is 0 Å². The number of aromatic nitrogens is 1. The van der Waals surface area contributed by atoms with E-state index in [0.29, 0.717) is 18.8 Å². The molecule has 7 heteroatoms. The average Bonchev–Trinajstić information content (AvgIpc) is 2.75. The molecule has 1 atom stereocenters. The van der Waals surface area contributed by atoms with E-state index in [4.69, 9.17) is 21.4 Å². The van der Waals surface area contributed by atoms with E-state index in [2.05, 4.69) is 10.3 Å². The van der Waals surface area contributed by atoms with Gasteiger partial charge in [0, 0.05) is 19.6 Å². The Morgan fingerprint density at radius 2 is 2.39 bits per heavy atom. The molecule has 0 radical (unpaired) electrons. The summed E-state index contributed by atoms with van der Waals surface area (Å²) in [5.74, 6) is -0.830. The quantitative estimate of drug-likeness (QED) is 0.757. The first-order valence-corrected chi connectivity index (χ1v) is 5.82. The van der Waals surface area contributed by atoms with Gasteiger partial charge >= 0.3 is 5.97 Å². The van der Waals surface area contributed by atoms with Crippen molar-refractivity contribution in [3.63, 3.8) is 0 Å². The number of aromatic carboxylic acids is 1. The zero-order valence-electron chi connectivity index (χ0n) is 9.52. The third-order valence-electron chi connectivity index (χ3n) is 2.73. The van der Waals surface area contributed by atoms with Gasteiger partial charge in [-0.05, 0) is 12.1 Å². The van der Waals surface area contributed by atoms with Gasteiger partial charge in [-0.15, -0.1) is 0 Å². The zero-order chi connectivity index (χ0) is 13.2. The molecule has 0 aromatic carbocycles. The topological polar surface area (TPSA) is 91.7 Å². The smallest absolute Gasteiger partial charge is 0.356 e. The van der Waals surface area contributed by atoms with E-state index in [1.54, 1.807) is 6.07 Å². The number of nitrogens with zero attached hydrogens (tertiary/aromatic N) is 1. The van der Waals surface area contributed by atoms with Gasteiger partial charge in [-0.1, -0.05) is 11.6 Å². The molecule has 0 saturated carbocycles. The van der Waals surface area contributed by atoms with E-state index in [-0.39, 0.29) is 23.9 Å². The van der Waals surface area contributed by atoms with Gasteiger partial charge in [0.25, 0.3) is 0 Å². The third-order valence-corrected chi connectivity index (χ3v) is 3.03. The fourth-order valence-corrected chi connectivity index (χ4v) is 1.87. The first-order chi connectivity index (χ1) is 8.50. The Hall–Kier alpha value is -1.37. The number of nitrogens with one attached hydrogen (secondary N) is 1. The minimum atomic E-state index is -1.19. The summed E-state index contributed by atoms with van der Waals surface area (Å²) in [5.41, 5.74) is -1.14. The van der Waals surface area contributed by atoms with Crippen LogP contribution in [0.3, 0.4) is 0 Å². The van der Waals surface area contributed by atoms with Gasteiger partial charge in [0.05, 0.1) is 11.6 Å². The van der Waals surface area contributed by atoms with E-state index in [1.165, 1.54) is 6.07 Å². The van der Waals surface area contributed by atoms with E-state index in [0.717, 1.165) is 0 Å². The molecular formula is C11H13ClN2O4. The van der Waals surface area contributed by atoms with Crippen LogP contribution in [0, 0.1) is 0 Å². The van der Waals surface area contributed by atoms with Crippen molar-refractivity contribution in [2.24, 2.45) is 0 Å². The van der Waals surface area contributed by atoms with Crippen LogP contribution in [0.15, 0.2) is 12.1 Å². The second-order valence-electron chi connectivity index (χ2n) is 4.21. The number of carboxylic acid groups (broad SMARTS) is 1. The highest BCUT2D eigenvalue weighted by atomic mass is 35.5. The average molecular weight is 273 g/mol. The highest BCUT2D eigenvalue weighted by Gasteiger charge is 2.32. The van der Waals surface area contributed by atoms with Crippen molar-refractivity contribution >= 4 is 23.4 Å². The van der Waals surface area contributed by atoms with Crippen LogP contribution >= 0.6 is 11.6 Å². The van der Waals surface area contributed by atoms with Crippen LogP contribution < -0.4 is 5.32 Å². The second-order valence-corrected chi connectivity index (χ2v) is 4.62. The standard InChI is InChI=1S/C11H13ClN2O4/c12-7-1-2-8(14-9(7)10(15)16)13-5-11(17)3-4-18-6-11/h1-2,17H,3-6H2,(H,13,14)(H,15,16). The molecule has 2 heterocycles. The maximum atomic E-state index is 10.9. The van der Waals surface area contributed by atoms with Gasteiger partial charge in [-0.3, -0.25) is 0 Å². The minimum absolute atomic E-state index is 0.0796. The Labute approximate surface area is 109 Å². The summed E-state index contributed by atoms with van der Waals surface area (Å²) in [4.78, 5) is 14.7. The number of carboxylic acids is 1. The number of hydrogen-bond acceptors (Lipinski definition) is 5. The van der Waals surface area contributed by atoms with Crippen molar-refractivity contribution in [2.45, 2.75) is 12.0 Å². The molecule has 1 aromatic rings. The summed E-state index contributed by atoms with van der Waals surface area (Å²) in [6.07, 6.45) is 0.541. The molecule has 98 valence electrons. The van der Waals surface area contributed by atoms with Crippen LogP contribution in [0.5, 0.6) is 0 Å². The predicted molar refractivity (Wildman–Crippen MR) is 65.1 cm³/mol. The minimum Gasteiger partial charge on any atom is -0.476 e. The Kier molecular flexibility index (Phi) is 3.70. The molecule has 1 aromatic heterocycles. The van der Waals surface area contributed by atoms with Crippen molar-refractivity contribution in [3.05, 3.63) is 22.8 Å². The Balaban J connectivity index is 2.05. The highest BCUT2D eigenvalue weighted by molar-refractivity contribution is 6.33. The van der Waals surface area contributed by atoms with Crippen LogP contribution in [0.25, 0.3) is 0 Å². The molecule has 0 bridgehead atoms. The number of ether oxygens (including phenoxy) is 1. The molecule has 3 N–H and O–H groups in total. The van der Waals surface area contributed by atoms with Crippen LogP contribution in [0.2, 0.25) is 5.02 Å². The summed E-state index contributed by atoms with van der Waals surface area (Å²) in [6, 6.07) is 3.02. The number of carbonyl (C=O) groups is 1. The molecular weight excluding hydrogens is 260 g/mol. The number of aliphatic hydroxyl groups is 1. The zero-order valence-corrected chi connectivity index (χ0v) is 10.3. The first-order valence-electron chi connectivity index (χ1n) is 5.44. The lowest BCUT2D eigenvalue weighted by Crippen LogP contribution is -2.37. The molecule has 6 nitrogen and oxygen atoms in total. The summed E-state index contributed by atoms with van der Waals surface area (Å²) < 4.78 is 5.10. The molecule has 1 aliphatic heterocycles. The summed E-state index contributed by atoms with van der Waals surface area (Å²) >= 11 is 5.71. The van der Waals surface area contributed by atoms with Gasteiger partial charge in [-0.2, -0.15) is 0 Å². The number of anilines is 1. The summed E-state index contributed by atoms with van der Waals surface area (Å²) in [7, 11) is 0. The van der Waals surface area contributed by atoms with Gasteiger partial charge < -0.3 is 20.3 Å². The van der Waals surface area contributed by atoms with Gasteiger partial charge in [0.1, 0.15) is 11.4 Å². The molecule has 0 aliphatic carbocycles. The maximum absolute atomic E-state index is 10.9. The van der Waals surface area contributed by atoms with Crippen LogP contribution in [0.4, 0.5) is 5.82 Å². The molecule has 1 fully saturated rings. The van der Waals surface area contributed by atoms with E-state index in [1.807, 2.05) is 0 Å². The molecule has 1 saturated heterocycles. The van der Waals surface area contributed by atoms with Crippen molar-refractivity contribution in [3.8, 4) is 0 Å². The molecule has 18 heavy (non-hydrogen) atoms. The first kappa shape index (κ1) is 13.1. The number of halogens is 1. The summed E-state index contributed by atoms with van der Waals surface area (Å²) in [6.45, 7) is 1.03. The molecule has 0 amide bonds. The van der Waals surface area contributed by atoms with Crippen molar-refractivity contribution < 1.29 is 19.7 Å². The lowest BCUT2D eigenvalue weighted by atomic mass is 10.0. The highest BCUT2D eigenvalue weighted by Crippen LogP contribution is 2.20. The van der Waals surface area contributed by atoms with E-state index in [9.17, 15) is 9.90 Å². The van der Waals surface area contributed by atoms with E-state index < -0.39 is 11.6 Å². The van der Waals surface area contributed by atoms with E-state index >= 15 is 0 Å². The van der Waals surface area contributed by atoms with Gasteiger partial charge in [-0.25, -0.2) is 9.78 Å². The lowest BCUT2D eigenvalue weighted by molar-refractivity contribution is 0.0381.